The van der Waals surface area contributed by atoms with Gasteiger partial charge in [-0.05, 0) is 31.2 Å². The van der Waals surface area contributed by atoms with Gasteiger partial charge < -0.3 is 10.1 Å². The molecule has 1 aromatic rings. The lowest BCUT2D eigenvalue weighted by atomic mass is 10.0. The Morgan fingerprint density at radius 2 is 2.25 bits per heavy atom. The maximum Gasteiger partial charge on any atom is 0.213 e. The van der Waals surface area contributed by atoms with Crippen molar-refractivity contribution < 1.29 is 4.74 Å². The van der Waals surface area contributed by atoms with Gasteiger partial charge >= 0.3 is 0 Å². The largest absolute Gasteiger partial charge is 0.481 e. The number of methoxy groups -OCH3 is 1. The number of hydrogen-bond acceptors (Lipinski definition) is 3. The van der Waals surface area contributed by atoms with Crippen molar-refractivity contribution in [2.45, 2.75) is 39.3 Å². The van der Waals surface area contributed by atoms with E-state index >= 15 is 0 Å². The predicted molar refractivity (Wildman–Crippen MR) is 64.4 cm³/mol. The molecular formula is C13H20N2O. The zero-order chi connectivity index (χ0) is 11.6. The molecule has 0 spiro atoms. The highest BCUT2D eigenvalue weighted by Crippen LogP contribution is 2.47. The third-order valence-electron chi connectivity index (χ3n) is 3.66. The molecule has 0 amide bonds. The molecular weight excluding hydrogens is 200 g/mol. The van der Waals surface area contributed by atoms with E-state index in [0.717, 1.165) is 12.2 Å². The van der Waals surface area contributed by atoms with Crippen molar-refractivity contribution in [3.8, 4) is 5.88 Å². The second-order valence-electron chi connectivity index (χ2n) is 4.93. The summed E-state index contributed by atoms with van der Waals surface area (Å²) in [5.74, 6) is 0.685. The topological polar surface area (TPSA) is 34.1 Å². The van der Waals surface area contributed by atoms with E-state index in [-0.39, 0.29) is 0 Å². The van der Waals surface area contributed by atoms with Crippen LogP contribution >= 0.6 is 0 Å². The molecule has 0 aliphatic heterocycles. The zero-order valence-corrected chi connectivity index (χ0v) is 10.3. The first kappa shape index (κ1) is 11.4. The minimum Gasteiger partial charge on any atom is -0.481 e. The van der Waals surface area contributed by atoms with Gasteiger partial charge in [-0.2, -0.15) is 0 Å². The van der Waals surface area contributed by atoms with Crippen LogP contribution in [0.25, 0.3) is 0 Å². The highest BCUT2D eigenvalue weighted by atomic mass is 16.5. The molecule has 0 saturated heterocycles. The minimum absolute atomic E-state index is 0.513. The lowest BCUT2D eigenvalue weighted by Gasteiger charge is -2.20. The fraction of sp³-hybridized carbons (Fsp3) is 0.615. The van der Waals surface area contributed by atoms with Crippen molar-refractivity contribution in [1.82, 2.24) is 10.3 Å². The molecule has 88 valence electrons. The van der Waals surface area contributed by atoms with Gasteiger partial charge in [0, 0.05) is 18.7 Å². The van der Waals surface area contributed by atoms with E-state index < -0.39 is 0 Å². The van der Waals surface area contributed by atoms with Crippen LogP contribution in [-0.4, -0.2) is 18.1 Å². The second-order valence-corrected chi connectivity index (χ2v) is 4.93. The minimum atomic E-state index is 0.513. The smallest absolute Gasteiger partial charge is 0.213 e. The lowest BCUT2D eigenvalue weighted by Crippen LogP contribution is -2.33. The zero-order valence-electron chi connectivity index (χ0n) is 10.3. The van der Waals surface area contributed by atoms with Crippen molar-refractivity contribution in [3.05, 3.63) is 23.9 Å². The number of rotatable bonds is 5. The average Bonchev–Trinajstić information content (AvgIpc) is 3.06. The van der Waals surface area contributed by atoms with Crippen LogP contribution in [-0.2, 0) is 6.54 Å². The fourth-order valence-electron chi connectivity index (χ4n) is 1.80. The molecule has 1 N–H and O–H groups in total. The van der Waals surface area contributed by atoms with Crippen LogP contribution in [0.15, 0.2) is 18.2 Å². The van der Waals surface area contributed by atoms with Crippen LogP contribution < -0.4 is 10.1 Å². The first-order chi connectivity index (χ1) is 7.64. The monoisotopic (exact) mass is 220 g/mol. The van der Waals surface area contributed by atoms with Crippen LogP contribution in [0.2, 0.25) is 0 Å². The molecule has 1 fully saturated rings. The molecule has 1 aliphatic rings. The number of pyridine rings is 1. The molecule has 1 heterocycles. The highest BCUT2D eigenvalue weighted by Gasteiger charge is 2.42. The summed E-state index contributed by atoms with van der Waals surface area (Å²) in [6, 6.07) is 6.43. The molecule has 3 nitrogen and oxygen atoms in total. The SMILES string of the molecule is COc1cccc(CNC(C)C2(C)CC2)n1. The van der Waals surface area contributed by atoms with Gasteiger partial charge in [-0.1, -0.05) is 13.0 Å². The summed E-state index contributed by atoms with van der Waals surface area (Å²) in [5.41, 5.74) is 1.55. The maximum absolute atomic E-state index is 5.10. The Hall–Kier alpha value is -1.09. The third kappa shape index (κ3) is 2.53. The Kier molecular flexibility index (Phi) is 3.15. The van der Waals surface area contributed by atoms with Crippen molar-refractivity contribution in [2.24, 2.45) is 5.41 Å². The van der Waals surface area contributed by atoms with Gasteiger partial charge in [0.05, 0.1) is 12.8 Å². The summed E-state index contributed by atoms with van der Waals surface area (Å²) in [6.45, 7) is 5.41. The van der Waals surface area contributed by atoms with Crippen LogP contribution in [0.3, 0.4) is 0 Å². The van der Waals surface area contributed by atoms with E-state index in [1.54, 1.807) is 7.11 Å². The molecule has 0 radical (unpaired) electrons. The van der Waals surface area contributed by atoms with Crippen LogP contribution in [0.4, 0.5) is 0 Å². The molecule has 3 heteroatoms. The Balaban J connectivity index is 1.89. The van der Waals surface area contributed by atoms with Gasteiger partial charge in [-0.15, -0.1) is 0 Å². The van der Waals surface area contributed by atoms with Crippen LogP contribution in [0, 0.1) is 5.41 Å². The molecule has 1 aliphatic carbocycles. The summed E-state index contributed by atoms with van der Waals surface area (Å²) < 4.78 is 5.10. The standard InChI is InChI=1S/C13H20N2O/c1-10(13(2)7-8-13)14-9-11-5-4-6-12(15-11)16-3/h4-6,10,14H,7-9H2,1-3H3. The Labute approximate surface area is 97.2 Å². The van der Waals surface area contributed by atoms with E-state index in [2.05, 4.69) is 24.1 Å². The molecule has 1 atom stereocenters. The Morgan fingerprint density at radius 1 is 1.50 bits per heavy atom. The number of hydrogen-bond donors (Lipinski definition) is 1. The quantitative estimate of drug-likeness (QED) is 0.827. The lowest BCUT2D eigenvalue weighted by molar-refractivity contribution is 0.373. The first-order valence-electron chi connectivity index (χ1n) is 5.87. The van der Waals surface area contributed by atoms with Gasteiger partial charge in [0.25, 0.3) is 0 Å². The summed E-state index contributed by atoms with van der Waals surface area (Å²) in [7, 11) is 1.65. The molecule has 16 heavy (non-hydrogen) atoms. The predicted octanol–water partition coefficient (Wildman–Crippen LogP) is 2.37. The number of aromatic nitrogens is 1. The summed E-state index contributed by atoms with van der Waals surface area (Å²) in [4.78, 5) is 4.38. The molecule has 1 saturated carbocycles. The van der Waals surface area contributed by atoms with Gasteiger partial charge in [0.2, 0.25) is 5.88 Å². The Bertz CT molecular complexity index is 361. The molecule has 0 bridgehead atoms. The van der Waals surface area contributed by atoms with Crippen LogP contribution in [0.1, 0.15) is 32.4 Å². The van der Waals surface area contributed by atoms with Gasteiger partial charge in [0.15, 0.2) is 0 Å². The van der Waals surface area contributed by atoms with Crippen molar-refractivity contribution >= 4 is 0 Å². The average molecular weight is 220 g/mol. The third-order valence-corrected chi connectivity index (χ3v) is 3.66. The van der Waals surface area contributed by atoms with Crippen molar-refractivity contribution in [3.63, 3.8) is 0 Å². The number of ether oxygens (including phenoxy) is 1. The Morgan fingerprint density at radius 3 is 2.88 bits per heavy atom. The van der Waals surface area contributed by atoms with Crippen molar-refractivity contribution in [1.29, 1.82) is 0 Å². The first-order valence-corrected chi connectivity index (χ1v) is 5.87. The van der Waals surface area contributed by atoms with E-state index in [0.29, 0.717) is 17.3 Å². The summed E-state index contributed by atoms with van der Waals surface area (Å²) >= 11 is 0. The molecule has 1 unspecified atom stereocenters. The van der Waals surface area contributed by atoms with E-state index in [4.69, 9.17) is 4.74 Å². The van der Waals surface area contributed by atoms with Crippen LogP contribution in [0.5, 0.6) is 5.88 Å². The van der Waals surface area contributed by atoms with E-state index in [1.165, 1.54) is 12.8 Å². The normalized spacial score (nSPS) is 19.2. The number of nitrogens with one attached hydrogen (secondary N) is 1. The molecule has 1 aromatic heterocycles. The van der Waals surface area contributed by atoms with Gasteiger partial charge in [-0.3, -0.25) is 0 Å². The van der Waals surface area contributed by atoms with E-state index in [9.17, 15) is 0 Å². The van der Waals surface area contributed by atoms with Gasteiger partial charge in [0.1, 0.15) is 0 Å². The second kappa shape index (κ2) is 4.42. The maximum atomic E-state index is 5.10. The molecule has 2 rings (SSSR count). The molecule has 0 aromatic carbocycles. The highest BCUT2D eigenvalue weighted by molar-refractivity contribution is 5.15. The van der Waals surface area contributed by atoms with Gasteiger partial charge in [-0.25, -0.2) is 4.98 Å². The van der Waals surface area contributed by atoms with Crippen molar-refractivity contribution in [2.75, 3.05) is 7.11 Å². The van der Waals surface area contributed by atoms with E-state index in [1.807, 2.05) is 18.2 Å². The number of nitrogens with zero attached hydrogens (tertiary/aromatic N) is 1. The summed E-state index contributed by atoms with van der Waals surface area (Å²) in [5, 5.41) is 3.53. The fourth-order valence-corrected chi connectivity index (χ4v) is 1.80. The summed E-state index contributed by atoms with van der Waals surface area (Å²) in [6.07, 6.45) is 2.68.